The highest BCUT2D eigenvalue weighted by Gasteiger charge is 2.28. The Labute approximate surface area is 96.7 Å². The van der Waals surface area contributed by atoms with Crippen LogP contribution in [-0.4, -0.2) is 24.2 Å². The molecule has 0 spiro atoms. The molecule has 6 heteroatoms. The number of nitrogens with zero attached hydrogens (tertiary/aromatic N) is 1. The molecule has 1 rings (SSSR count). The molecule has 0 fully saturated rings. The first kappa shape index (κ1) is 13.2. The molecule has 0 atom stereocenters. The molecule has 0 radical (unpaired) electrons. The number of aromatic amines is 1. The third kappa shape index (κ3) is 2.62. The normalized spacial score (nSPS) is 13.1. The fraction of sp³-hybridized carbons (Fsp3) is 0.700. The van der Waals surface area contributed by atoms with Gasteiger partial charge in [0.25, 0.3) is 0 Å². The number of H-pyrrole nitrogens is 1. The molecule has 1 aromatic rings. The fourth-order valence-corrected chi connectivity index (χ4v) is 3.28. The van der Waals surface area contributed by atoms with E-state index in [2.05, 4.69) is 14.9 Å². The maximum atomic E-state index is 12.1. The van der Waals surface area contributed by atoms with Crippen molar-refractivity contribution in [3.05, 3.63) is 11.4 Å². The molecule has 0 aromatic carbocycles. The summed E-state index contributed by atoms with van der Waals surface area (Å²) in [6.45, 7) is 9.03. The number of nitrogens with one attached hydrogen (secondary N) is 2. The van der Waals surface area contributed by atoms with Crippen molar-refractivity contribution in [3.8, 4) is 0 Å². The molecule has 1 aromatic heterocycles. The average molecular weight is 245 g/mol. The van der Waals surface area contributed by atoms with Crippen LogP contribution in [0.1, 0.15) is 38.6 Å². The van der Waals surface area contributed by atoms with Gasteiger partial charge >= 0.3 is 0 Å². The molecule has 0 aliphatic rings. The zero-order chi connectivity index (χ0) is 12.6. The van der Waals surface area contributed by atoms with E-state index < -0.39 is 15.6 Å². The van der Waals surface area contributed by atoms with Crippen LogP contribution in [0.5, 0.6) is 0 Å². The maximum absolute atomic E-state index is 12.1. The summed E-state index contributed by atoms with van der Waals surface area (Å²) in [5.74, 6) is 0. The summed E-state index contributed by atoms with van der Waals surface area (Å²) in [5.41, 5.74) is 0.614. The summed E-state index contributed by atoms with van der Waals surface area (Å²) in [4.78, 5) is 0.258. The van der Waals surface area contributed by atoms with E-state index in [1.165, 1.54) is 0 Å². The lowest BCUT2D eigenvalue weighted by atomic mass is 10.0. The van der Waals surface area contributed by atoms with E-state index in [9.17, 15) is 8.42 Å². The van der Waals surface area contributed by atoms with Gasteiger partial charge in [-0.25, -0.2) is 13.1 Å². The first-order valence-electron chi connectivity index (χ1n) is 5.25. The predicted molar refractivity (Wildman–Crippen MR) is 62.8 cm³/mol. The van der Waals surface area contributed by atoms with E-state index in [1.54, 1.807) is 13.8 Å². The third-order valence-electron chi connectivity index (χ3n) is 2.62. The Morgan fingerprint density at radius 3 is 2.31 bits per heavy atom. The van der Waals surface area contributed by atoms with Crippen molar-refractivity contribution in [1.82, 2.24) is 14.9 Å². The lowest BCUT2D eigenvalue weighted by Crippen LogP contribution is -2.42. The van der Waals surface area contributed by atoms with Crippen molar-refractivity contribution in [1.29, 1.82) is 0 Å². The molecular formula is C10H19N3O2S. The summed E-state index contributed by atoms with van der Waals surface area (Å²) in [5, 5.41) is 6.57. The van der Waals surface area contributed by atoms with Crippen molar-refractivity contribution in [2.24, 2.45) is 0 Å². The molecule has 0 aliphatic carbocycles. The Morgan fingerprint density at radius 1 is 1.38 bits per heavy atom. The molecule has 0 bridgehead atoms. The Bertz CT molecular complexity index is 455. The lowest BCUT2D eigenvalue weighted by molar-refractivity contribution is 0.439. The second kappa shape index (κ2) is 4.18. The molecule has 0 saturated heterocycles. The maximum Gasteiger partial charge on any atom is 0.244 e. The lowest BCUT2D eigenvalue weighted by Gasteiger charge is -2.24. The van der Waals surface area contributed by atoms with Crippen LogP contribution >= 0.6 is 0 Å². The van der Waals surface area contributed by atoms with Crippen LogP contribution in [-0.2, 0) is 10.0 Å². The Morgan fingerprint density at radius 2 is 1.94 bits per heavy atom. The molecule has 16 heavy (non-hydrogen) atoms. The van der Waals surface area contributed by atoms with Crippen molar-refractivity contribution < 1.29 is 8.42 Å². The topological polar surface area (TPSA) is 74.8 Å². The van der Waals surface area contributed by atoms with Crippen LogP contribution in [0, 0.1) is 13.8 Å². The minimum Gasteiger partial charge on any atom is -0.281 e. The highest BCUT2D eigenvalue weighted by molar-refractivity contribution is 7.89. The zero-order valence-corrected chi connectivity index (χ0v) is 11.2. The van der Waals surface area contributed by atoms with E-state index in [-0.39, 0.29) is 4.90 Å². The van der Waals surface area contributed by atoms with E-state index in [0.29, 0.717) is 11.4 Å². The standard InChI is InChI=1S/C10H19N3O2S/c1-6-10(4,5)13-16(14,15)9-7(2)11-12-8(9)3/h13H,6H2,1-5H3,(H,11,12). The second-order valence-corrected chi connectivity index (χ2v) is 6.23. The second-order valence-electron chi connectivity index (χ2n) is 4.61. The molecule has 5 nitrogen and oxygen atoms in total. The number of rotatable bonds is 4. The molecular weight excluding hydrogens is 226 g/mol. The summed E-state index contributed by atoms with van der Waals surface area (Å²) in [7, 11) is -3.49. The van der Waals surface area contributed by atoms with Crippen LogP contribution in [0.2, 0.25) is 0 Å². The highest BCUT2D eigenvalue weighted by Crippen LogP contribution is 2.19. The number of hydrogen-bond acceptors (Lipinski definition) is 3. The molecule has 0 aliphatic heterocycles. The van der Waals surface area contributed by atoms with Gasteiger partial charge in [0.1, 0.15) is 4.90 Å². The quantitative estimate of drug-likeness (QED) is 0.844. The monoisotopic (exact) mass is 245 g/mol. The summed E-state index contributed by atoms with van der Waals surface area (Å²) < 4.78 is 27.0. The predicted octanol–water partition coefficient (Wildman–Crippen LogP) is 1.49. The van der Waals surface area contributed by atoms with Crippen LogP contribution in [0.3, 0.4) is 0 Å². The number of sulfonamides is 1. The minimum absolute atomic E-state index is 0.258. The molecule has 92 valence electrons. The summed E-state index contributed by atoms with van der Waals surface area (Å²) in [6, 6.07) is 0. The van der Waals surface area contributed by atoms with Crippen molar-refractivity contribution in [3.63, 3.8) is 0 Å². The van der Waals surface area contributed by atoms with E-state index in [0.717, 1.165) is 6.42 Å². The van der Waals surface area contributed by atoms with Gasteiger partial charge in [-0.05, 0) is 34.1 Å². The fourth-order valence-electron chi connectivity index (χ4n) is 1.42. The van der Waals surface area contributed by atoms with Gasteiger partial charge in [0.05, 0.1) is 11.4 Å². The largest absolute Gasteiger partial charge is 0.281 e. The highest BCUT2D eigenvalue weighted by atomic mass is 32.2. The molecule has 2 N–H and O–H groups in total. The van der Waals surface area contributed by atoms with Gasteiger partial charge in [0, 0.05) is 5.54 Å². The van der Waals surface area contributed by atoms with Gasteiger partial charge in [-0.15, -0.1) is 0 Å². The smallest absolute Gasteiger partial charge is 0.244 e. The Kier molecular flexibility index (Phi) is 3.44. The van der Waals surface area contributed by atoms with Crippen LogP contribution in [0.15, 0.2) is 4.90 Å². The van der Waals surface area contributed by atoms with E-state index in [1.807, 2.05) is 20.8 Å². The molecule has 0 unspecified atom stereocenters. The van der Waals surface area contributed by atoms with E-state index >= 15 is 0 Å². The molecule has 0 amide bonds. The van der Waals surface area contributed by atoms with Crippen LogP contribution < -0.4 is 4.72 Å². The number of hydrogen-bond donors (Lipinski definition) is 2. The van der Waals surface area contributed by atoms with Crippen molar-refractivity contribution in [2.75, 3.05) is 0 Å². The molecule has 1 heterocycles. The first-order valence-corrected chi connectivity index (χ1v) is 6.73. The summed E-state index contributed by atoms with van der Waals surface area (Å²) in [6.07, 6.45) is 0.724. The van der Waals surface area contributed by atoms with Gasteiger partial charge < -0.3 is 0 Å². The van der Waals surface area contributed by atoms with Gasteiger partial charge in [0.2, 0.25) is 10.0 Å². The Hall–Kier alpha value is -0.880. The Balaban J connectivity index is 3.14. The van der Waals surface area contributed by atoms with Gasteiger partial charge in [-0.3, -0.25) is 5.10 Å². The zero-order valence-electron chi connectivity index (χ0n) is 10.4. The average Bonchev–Trinajstić information content (AvgIpc) is 2.44. The van der Waals surface area contributed by atoms with E-state index in [4.69, 9.17) is 0 Å². The number of aryl methyl sites for hydroxylation is 2. The summed E-state index contributed by atoms with van der Waals surface area (Å²) >= 11 is 0. The van der Waals surface area contributed by atoms with Gasteiger partial charge in [-0.2, -0.15) is 5.10 Å². The first-order chi connectivity index (χ1) is 7.19. The van der Waals surface area contributed by atoms with Crippen molar-refractivity contribution >= 4 is 10.0 Å². The van der Waals surface area contributed by atoms with Crippen LogP contribution in [0.4, 0.5) is 0 Å². The van der Waals surface area contributed by atoms with Crippen LogP contribution in [0.25, 0.3) is 0 Å². The SMILES string of the molecule is CCC(C)(C)NS(=O)(=O)c1c(C)n[nH]c1C. The third-order valence-corrected chi connectivity index (χ3v) is 4.58. The van der Waals surface area contributed by atoms with Gasteiger partial charge in [-0.1, -0.05) is 6.92 Å². The van der Waals surface area contributed by atoms with Crippen molar-refractivity contribution in [2.45, 2.75) is 51.5 Å². The minimum atomic E-state index is -3.49. The number of aromatic nitrogens is 2. The molecule has 0 saturated carbocycles. The van der Waals surface area contributed by atoms with Gasteiger partial charge in [0.15, 0.2) is 0 Å².